The summed E-state index contributed by atoms with van der Waals surface area (Å²) in [7, 11) is 0. The van der Waals surface area contributed by atoms with E-state index in [2.05, 4.69) is 10.4 Å². The molecule has 2 rings (SSSR count). The molecular formula is C7H6N2O2. The van der Waals surface area contributed by atoms with E-state index < -0.39 is 0 Å². The fraction of sp³-hybridized carbons (Fsp3) is 0.143. The predicted octanol–water partition coefficient (Wildman–Crippen LogP) is 0.715. The third-order valence-corrected chi connectivity index (χ3v) is 1.53. The van der Waals surface area contributed by atoms with Gasteiger partial charge in [-0.05, 0) is 6.07 Å². The molecule has 0 amide bonds. The lowest BCUT2D eigenvalue weighted by molar-refractivity contribution is 0.283. The summed E-state index contributed by atoms with van der Waals surface area (Å²) in [6.45, 7) is -0.0362. The largest absolute Gasteiger partial charge is 0.392 e. The van der Waals surface area contributed by atoms with Crippen LogP contribution < -0.4 is 0 Å². The summed E-state index contributed by atoms with van der Waals surface area (Å²) in [5, 5.41) is 15.9. The van der Waals surface area contributed by atoms with Gasteiger partial charge in [0.15, 0.2) is 5.58 Å². The Morgan fingerprint density at radius 2 is 2.36 bits per heavy atom. The van der Waals surface area contributed by atoms with Crippen molar-refractivity contribution in [3.63, 3.8) is 0 Å². The number of hydrogen-bond acceptors (Lipinski definition) is 4. The summed E-state index contributed by atoms with van der Waals surface area (Å²) in [5.74, 6) is 0. The lowest BCUT2D eigenvalue weighted by Gasteiger charge is -1.91. The Hall–Kier alpha value is -1.42. The van der Waals surface area contributed by atoms with Crippen LogP contribution in [-0.4, -0.2) is 15.5 Å². The zero-order valence-electron chi connectivity index (χ0n) is 5.69. The molecule has 0 aliphatic heterocycles. The van der Waals surface area contributed by atoms with E-state index in [0.29, 0.717) is 11.1 Å². The number of rotatable bonds is 1. The molecule has 1 aromatic heterocycles. The van der Waals surface area contributed by atoms with E-state index in [4.69, 9.17) is 9.63 Å². The average molecular weight is 150 g/mol. The lowest BCUT2D eigenvalue weighted by Crippen LogP contribution is -1.83. The Balaban J connectivity index is 2.79. The molecule has 1 N–H and O–H groups in total. The first-order chi connectivity index (χ1) is 5.42. The molecular weight excluding hydrogens is 144 g/mol. The molecule has 56 valence electrons. The highest BCUT2D eigenvalue weighted by Gasteiger charge is 2.03. The molecule has 4 nitrogen and oxygen atoms in total. The molecule has 2 aromatic rings. The maximum atomic E-state index is 8.84. The molecule has 0 aliphatic rings. The number of aliphatic hydroxyl groups excluding tert-OH is 1. The van der Waals surface area contributed by atoms with Gasteiger partial charge in [0.2, 0.25) is 0 Å². The van der Waals surface area contributed by atoms with Crippen molar-refractivity contribution in [1.82, 2.24) is 10.4 Å². The monoisotopic (exact) mass is 150 g/mol. The Morgan fingerprint density at radius 1 is 1.45 bits per heavy atom. The van der Waals surface area contributed by atoms with Gasteiger partial charge in [-0.25, -0.2) is 0 Å². The van der Waals surface area contributed by atoms with Crippen molar-refractivity contribution < 1.29 is 9.63 Å². The van der Waals surface area contributed by atoms with E-state index >= 15 is 0 Å². The molecule has 0 saturated heterocycles. The van der Waals surface area contributed by atoms with Gasteiger partial charge in [0.25, 0.3) is 0 Å². The predicted molar refractivity (Wildman–Crippen MR) is 37.7 cm³/mol. The van der Waals surface area contributed by atoms with Crippen LogP contribution in [0.2, 0.25) is 0 Å². The van der Waals surface area contributed by atoms with Crippen LogP contribution in [0.15, 0.2) is 22.7 Å². The second-order valence-electron chi connectivity index (χ2n) is 2.19. The van der Waals surface area contributed by atoms with Crippen LogP contribution in [0.5, 0.6) is 0 Å². The summed E-state index contributed by atoms with van der Waals surface area (Å²) >= 11 is 0. The minimum Gasteiger partial charge on any atom is -0.392 e. The lowest BCUT2D eigenvalue weighted by atomic mass is 10.2. The SMILES string of the molecule is OCc1cccc2onnc12. The molecule has 0 saturated carbocycles. The minimum atomic E-state index is -0.0362. The van der Waals surface area contributed by atoms with Crippen LogP contribution in [0.25, 0.3) is 11.1 Å². The molecule has 11 heavy (non-hydrogen) atoms. The Morgan fingerprint density at radius 3 is 3.18 bits per heavy atom. The van der Waals surface area contributed by atoms with Gasteiger partial charge in [-0.15, -0.1) is 5.10 Å². The van der Waals surface area contributed by atoms with Crippen molar-refractivity contribution in [1.29, 1.82) is 0 Å². The zero-order valence-corrected chi connectivity index (χ0v) is 5.69. The molecule has 0 spiro atoms. The molecule has 0 atom stereocenters. The molecule has 1 aromatic carbocycles. The molecule has 0 radical (unpaired) electrons. The quantitative estimate of drug-likeness (QED) is 0.650. The first kappa shape index (κ1) is 6.30. The van der Waals surface area contributed by atoms with Crippen LogP contribution in [0.3, 0.4) is 0 Å². The molecule has 4 heteroatoms. The van der Waals surface area contributed by atoms with Crippen LogP contribution >= 0.6 is 0 Å². The van der Waals surface area contributed by atoms with E-state index in [9.17, 15) is 0 Å². The van der Waals surface area contributed by atoms with E-state index in [1.807, 2.05) is 0 Å². The zero-order chi connectivity index (χ0) is 7.68. The number of aliphatic hydroxyl groups is 1. The Bertz CT molecular complexity index is 369. The van der Waals surface area contributed by atoms with Gasteiger partial charge < -0.3 is 9.63 Å². The fourth-order valence-corrected chi connectivity index (χ4v) is 0.988. The first-order valence-electron chi connectivity index (χ1n) is 3.22. The van der Waals surface area contributed by atoms with Gasteiger partial charge in [0.1, 0.15) is 5.52 Å². The van der Waals surface area contributed by atoms with E-state index in [0.717, 1.165) is 5.56 Å². The van der Waals surface area contributed by atoms with E-state index in [1.165, 1.54) is 0 Å². The highest BCUT2D eigenvalue weighted by molar-refractivity contribution is 5.75. The van der Waals surface area contributed by atoms with Gasteiger partial charge in [-0.1, -0.05) is 12.1 Å². The number of benzene rings is 1. The van der Waals surface area contributed by atoms with Crippen LogP contribution in [-0.2, 0) is 6.61 Å². The topological polar surface area (TPSA) is 59.2 Å². The number of nitrogens with zero attached hydrogens (tertiary/aromatic N) is 2. The summed E-state index contributed by atoms with van der Waals surface area (Å²) < 4.78 is 4.79. The van der Waals surface area contributed by atoms with Gasteiger partial charge in [0.05, 0.1) is 6.61 Å². The molecule has 0 unspecified atom stereocenters. The highest BCUT2D eigenvalue weighted by Crippen LogP contribution is 2.14. The van der Waals surface area contributed by atoms with Crippen molar-refractivity contribution in [2.75, 3.05) is 0 Å². The van der Waals surface area contributed by atoms with Gasteiger partial charge in [-0.3, -0.25) is 0 Å². The maximum absolute atomic E-state index is 8.84. The second-order valence-corrected chi connectivity index (χ2v) is 2.19. The average Bonchev–Trinajstić information content (AvgIpc) is 2.50. The van der Waals surface area contributed by atoms with Gasteiger partial charge >= 0.3 is 0 Å². The van der Waals surface area contributed by atoms with Gasteiger partial charge in [-0.2, -0.15) is 0 Å². The first-order valence-corrected chi connectivity index (χ1v) is 3.22. The summed E-state index contributed by atoms with van der Waals surface area (Å²) in [5.41, 5.74) is 1.98. The molecule has 0 fully saturated rings. The smallest absolute Gasteiger partial charge is 0.187 e. The number of aromatic nitrogens is 2. The van der Waals surface area contributed by atoms with Crippen molar-refractivity contribution in [3.05, 3.63) is 23.8 Å². The summed E-state index contributed by atoms with van der Waals surface area (Å²) in [6, 6.07) is 5.34. The van der Waals surface area contributed by atoms with Crippen molar-refractivity contribution in [3.8, 4) is 0 Å². The Labute approximate surface area is 62.4 Å². The molecule has 0 bridgehead atoms. The third-order valence-electron chi connectivity index (χ3n) is 1.53. The van der Waals surface area contributed by atoms with Crippen molar-refractivity contribution in [2.45, 2.75) is 6.61 Å². The molecule has 0 aliphatic carbocycles. The van der Waals surface area contributed by atoms with Crippen LogP contribution in [0.4, 0.5) is 0 Å². The maximum Gasteiger partial charge on any atom is 0.187 e. The normalized spacial score (nSPS) is 10.6. The summed E-state index contributed by atoms with van der Waals surface area (Å²) in [4.78, 5) is 0. The standard InChI is InChI=1S/C7H6N2O2/c10-4-5-2-1-3-6-7(5)8-9-11-6/h1-3,10H,4H2. The number of fused-ring (bicyclic) bond motifs is 1. The van der Waals surface area contributed by atoms with Crippen LogP contribution in [0.1, 0.15) is 5.56 Å². The van der Waals surface area contributed by atoms with Crippen molar-refractivity contribution >= 4 is 11.1 Å². The highest BCUT2D eigenvalue weighted by atomic mass is 16.5. The van der Waals surface area contributed by atoms with Gasteiger partial charge in [0, 0.05) is 10.8 Å². The third kappa shape index (κ3) is 0.877. The van der Waals surface area contributed by atoms with Crippen LogP contribution in [0, 0.1) is 0 Å². The van der Waals surface area contributed by atoms with E-state index in [1.54, 1.807) is 18.2 Å². The Kier molecular flexibility index (Phi) is 1.33. The summed E-state index contributed by atoms with van der Waals surface area (Å²) in [6.07, 6.45) is 0. The van der Waals surface area contributed by atoms with E-state index in [-0.39, 0.29) is 6.61 Å². The number of hydrogen-bond donors (Lipinski definition) is 1. The fourth-order valence-electron chi connectivity index (χ4n) is 0.988. The minimum absolute atomic E-state index is 0.0362. The second kappa shape index (κ2) is 2.32. The van der Waals surface area contributed by atoms with Crippen molar-refractivity contribution in [2.24, 2.45) is 0 Å². The molecule has 1 heterocycles.